The van der Waals surface area contributed by atoms with E-state index in [1.165, 1.54) is 34.1 Å². The van der Waals surface area contributed by atoms with Gasteiger partial charge in [-0.05, 0) is 46.5 Å². The smallest absolute Gasteiger partial charge is 0.410 e. The fourth-order valence-electron chi connectivity index (χ4n) is 4.22. The quantitative estimate of drug-likeness (QED) is 0.340. The molecule has 3 rings (SSSR count). The molecular formula is C23H32N2O5S2. The van der Waals surface area contributed by atoms with Gasteiger partial charge in [0.05, 0.1) is 12.1 Å². The molecular weight excluding hydrogens is 448 g/mol. The Morgan fingerprint density at radius 2 is 2.22 bits per heavy atom. The van der Waals surface area contributed by atoms with E-state index in [0.29, 0.717) is 16.6 Å². The monoisotopic (exact) mass is 480 g/mol. The number of rotatable bonds is 11. The lowest BCUT2D eigenvalue weighted by atomic mass is 9.62. The average molecular weight is 481 g/mol. The van der Waals surface area contributed by atoms with Crippen molar-refractivity contribution in [3.63, 3.8) is 0 Å². The van der Waals surface area contributed by atoms with Gasteiger partial charge in [-0.15, -0.1) is 11.3 Å². The summed E-state index contributed by atoms with van der Waals surface area (Å²) in [5, 5.41) is 21.4. The number of nitrogens with zero attached hydrogens (tertiary/aromatic N) is 2. The first-order chi connectivity index (χ1) is 15.2. The molecule has 1 aromatic heterocycles. The number of aromatic carboxylic acids is 1. The molecule has 0 spiro atoms. The molecule has 1 saturated carbocycles. The van der Waals surface area contributed by atoms with Crippen molar-refractivity contribution in [2.24, 2.45) is 5.41 Å². The lowest BCUT2D eigenvalue weighted by Crippen LogP contribution is -2.41. The SMILES string of the molecule is CC(C)=CCCC1(C(O)C=C[C@H]2[C@H](C)OC(=O)N2CCSc2nc(C(=O)O)cs2)CCC1. The normalized spacial score (nSPS) is 23.1. The number of ether oxygens (including phenoxy) is 1. The number of carboxylic acid groups (broad SMARTS) is 1. The summed E-state index contributed by atoms with van der Waals surface area (Å²) < 4.78 is 6.08. The van der Waals surface area contributed by atoms with Gasteiger partial charge in [-0.25, -0.2) is 14.6 Å². The summed E-state index contributed by atoms with van der Waals surface area (Å²) >= 11 is 2.70. The number of thioether (sulfide) groups is 1. The van der Waals surface area contributed by atoms with Gasteiger partial charge in [0.1, 0.15) is 6.10 Å². The van der Waals surface area contributed by atoms with Crippen LogP contribution in [-0.4, -0.2) is 62.7 Å². The Labute approximate surface area is 197 Å². The first kappa shape index (κ1) is 24.8. The fourth-order valence-corrected chi connectivity index (χ4v) is 6.03. The van der Waals surface area contributed by atoms with Crippen LogP contribution < -0.4 is 0 Å². The van der Waals surface area contributed by atoms with Crippen molar-refractivity contribution in [1.29, 1.82) is 0 Å². The maximum Gasteiger partial charge on any atom is 0.410 e. The number of aromatic nitrogens is 1. The zero-order chi connectivity index (χ0) is 23.3. The second-order valence-corrected chi connectivity index (χ2v) is 11.0. The van der Waals surface area contributed by atoms with Crippen molar-refractivity contribution in [2.45, 2.75) is 75.5 Å². The second kappa shape index (κ2) is 10.9. The number of carboxylic acids is 1. The topological polar surface area (TPSA) is 100.0 Å². The predicted octanol–water partition coefficient (Wildman–Crippen LogP) is 4.98. The summed E-state index contributed by atoms with van der Waals surface area (Å²) in [7, 11) is 0. The van der Waals surface area contributed by atoms with Crippen LogP contribution in [0.3, 0.4) is 0 Å². The molecule has 2 fully saturated rings. The first-order valence-corrected chi connectivity index (χ1v) is 12.9. The van der Waals surface area contributed by atoms with E-state index in [0.717, 1.165) is 32.1 Å². The molecule has 1 saturated heterocycles. The van der Waals surface area contributed by atoms with E-state index in [1.54, 1.807) is 4.90 Å². The lowest BCUT2D eigenvalue weighted by molar-refractivity contribution is -0.0119. The van der Waals surface area contributed by atoms with Gasteiger partial charge in [-0.2, -0.15) is 0 Å². The van der Waals surface area contributed by atoms with Crippen molar-refractivity contribution in [3.05, 3.63) is 34.9 Å². The third kappa shape index (κ3) is 5.94. The Bertz CT molecular complexity index is 873. The molecule has 1 unspecified atom stereocenters. The average Bonchev–Trinajstić information content (AvgIpc) is 3.27. The highest BCUT2D eigenvalue weighted by Gasteiger charge is 2.42. The zero-order valence-corrected chi connectivity index (χ0v) is 20.5. The van der Waals surface area contributed by atoms with Crippen molar-refractivity contribution in [2.75, 3.05) is 12.3 Å². The number of hydrogen-bond acceptors (Lipinski definition) is 7. The second-order valence-electron chi connectivity index (χ2n) is 8.79. The van der Waals surface area contributed by atoms with Crippen molar-refractivity contribution >= 4 is 35.2 Å². The fraction of sp³-hybridized carbons (Fsp3) is 0.609. The minimum absolute atomic E-state index is 0.0380. The number of carbonyl (C=O) groups is 2. The van der Waals surface area contributed by atoms with E-state index in [4.69, 9.17) is 9.84 Å². The minimum Gasteiger partial charge on any atom is -0.476 e. The maximum absolute atomic E-state index is 12.3. The summed E-state index contributed by atoms with van der Waals surface area (Å²) in [6.07, 6.45) is 9.92. The number of amides is 1. The Morgan fingerprint density at radius 3 is 2.81 bits per heavy atom. The molecule has 0 aromatic carbocycles. The molecule has 1 aliphatic heterocycles. The van der Waals surface area contributed by atoms with E-state index in [2.05, 4.69) is 24.9 Å². The Kier molecular flexibility index (Phi) is 8.41. The van der Waals surface area contributed by atoms with Crippen LogP contribution in [0.15, 0.2) is 33.5 Å². The van der Waals surface area contributed by atoms with Gasteiger partial charge in [0, 0.05) is 23.1 Å². The molecule has 9 heteroatoms. The highest BCUT2D eigenvalue weighted by molar-refractivity contribution is 8.01. The zero-order valence-electron chi connectivity index (χ0n) is 18.8. The van der Waals surface area contributed by atoms with Gasteiger partial charge in [0.2, 0.25) is 0 Å². The number of thiazole rings is 1. The summed E-state index contributed by atoms with van der Waals surface area (Å²) in [5.74, 6) is -0.465. The summed E-state index contributed by atoms with van der Waals surface area (Å²) in [6.45, 7) is 6.50. The molecule has 2 heterocycles. The van der Waals surface area contributed by atoms with Crippen LogP contribution in [-0.2, 0) is 4.74 Å². The van der Waals surface area contributed by atoms with E-state index in [-0.39, 0.29) is 29.3 Å². The van der Waals surface area contributed by atoms with E-state index < -0.39 is 12.1 Å². The van der Waals surface area contributed by atoms with Gasteiger partial charge < -0.3 is 14.9 Å². The standard InChI is InChI=1S/C23H32N2O5S2/c1-15(2)6-4-9-23(10-5-11-23)19(26)8-7-18-16(3)30-22(29)25(18)12-13-31-21-24-17(14-32-21)20(27)28/h6-8,14,16,18-19,26H,4-5,9-13H2,1-3H3,(H,27,28)/t16-,18-,19?/m0/s1. The Hall–Kier alpha value is -1.84. The van der Waals surface area contributed by atoms with Crippen LogP contribution in [0.25, 0.3) is 0 Å². The first-order valence-electron chi connectivity index (χ1n) is 11.0. The maximum atomic E-state index is 12.3. The number of cyclic esters (lactones) is 1. The molecule has 0 bridgehead atoms. The third-order valence-electron chi connectivity index (χ3n) is 6.28. The van der Waals surface area contributed by atoms with E-state index in [1.807, 2.05) is 19.1 Å². The van der Waals surface area contributed by atoms with Gasteiger partial charge >= 0.3 is 12.1 Å². The molecule has 176 valence electrons. The van der Waals surface area contributed by atoms with Crippen LogP contribution in [0.5, 0.6) is 0 Å². The molecule has 7 nitrogen and oxygen atoms in total. The van der Waals surface area contributed by atoms with E-state index in [9.17, 15) is 14.7 Å². The van der Waals surface area contributed by atoms with E-state index >= 15 is 0 Å². The van der Waals surface area contributed by atoms with Crippen LogP contribution in [0.2, 0.25) is 0 Å². The van der Waals surface area contributed by atoms with Gasteiger partial charge in [-0.1, -0.05) is 42.0 Å². The van der Waals surface area contributed by atoms with Gasteiger partial charge in [0.15, 0.2) is 10.0 Å². The van der Waals surface area contributed by atoms with Crippen LogP contribution >= 0.6 is 23.1 Å². The van der Waals surface area contributed by atoms with Crippen molar-refractivity contribution in [3.8, 4) is 0 Å². The molecule has 3 atom stereocenters. The van der Waals surface area contributed by atoms with Crippen molar-refractivity contribution in [1.82, 2.24) is 9.88 Å². The molecule has 1 aliphatic carbocycles. The molecule has 2 N–H and O–H groups in total. The largest absolute Gasteiger partial charge is 0.476 e. The number of allylic oxidation sites excluding steroid dienone is 2. The number of hydrogen-bond donors (Lipinski definition) is 2. The summed E-state index contributed by atoms with van der Waals surface area (Å²) in [4.78, 5) is 29.0. The molecule has 1 amide bonds. The number of aliphatic hydroxyl groups excluding tert-OH is 1. The van der Waals surface area contributed by atoms with Crippen LogP contribution in [0, 0.1) is 5.41 Å². The van der Waals surface area contributed by atoms with Gasteiger partial charge in [-0.3, -0.25) is 4.90 Å². The molecule has 0 radical (unpaired) electrons. The van der Waals surface area contributed by atoms with Crippen LogP contribution in [0.4, 0.5) is 4.79 Å². The lowest BCUT2D eigenvalue weighted by Gasteiger charge is -2.45. The highest BCUT2D eigenvalue weighted by Crippen LogP contribution is 2.48. The molecule has 2 aliphatic rings. The molecule has 1 aromatic rings. The summed E-state index contributed by atoms with van der Waals surface area (Å²) in [6, 6.07) is -0.237. The van der Waals surface area contributed by atoms with Crippen LogP contribution in [0.1, 0.15) is 63.4 Å². The minimum atomic E-state index is -1.04. The Balaban J connectivity index is 1.58. The number of aliphatic hydroxyl groups is 1. The number of carbonyl (C=O) groups excluding carboxylic acids is 1. The Morgan fingerprint density at radius 1 is 1.47 bits per heavy atom. The van der Waals surface area contributed by atoms with Crippen molar-refractivity contribution < 1.29 is 24.5 Å². The third-order valence-corrected chi connectivity index (χ3v) is 8.29. The van der Waals surface area contributed by atoms with Gasteiger partial charge in [0.25, 0.3) is 0 Å². The highest BCUT2D eigenvalue weighted by atomic mass is 32.2. The summed E-state index contributed by atoms with van der Waals surface area (Å²) in [5.41, 5.74) is 1.27. The molecule has 32 heavy (non-hydrogen) atoms. The predicted molar refractivity (Wildman–Crippen MR) is 126 cm³/mol.